The van der Waals surface area contributed by atoms with Crippen LogP contribution in [0.1, 0.15) is 23.7 Å². The number of carbonyl (C=O) groups excluding carboxylic acids is 1. The molecule has 1 atom stereocenters. The average molecular weight is 240 g/mol. The Morgan fingerprint density at radius 2 is 2.29 bits per heavy atom. The second-order valence-electron chi connectivity index (χ2n) is 4.06. The van der Waals surface area contributed by atoms with Crippen molar-refractivity contribution in [2.75, 3.05) is 18.9 Å². The molecule has 0 saturated carbocycles. The molecule has 0 bridgehead atoms. The van der Waals surface area contributed by atoms with Gasteiger partial charge in [0, 0.05) is 18.7 Å². The molecule has 0 aliphatic rings. The molecule has 1 rings (SSSR count). The van der Waals surface area contributed by atoms with Crippen LogP contribution in [0.5, 0.6) is 0 Å². The molecule has 0 heterocycles. The Morgan fingerprint density at radius 1 is 1.59 bits per heavy atom. The maximum Gasteiger partial charge on any atom is 0.251 e. The molecule has 0 saturated heterocycles. The summed E-state index contributed by atoms with van der Waals surface area (Å²) >= 11 is 0. The predicted molar refractivity (Wildman–Crippen MR) is 64.0 cm³/mol. The van der Waals surface area contributed by atoms with E-state index in [1.54, 1.807) is 0 Å². The van der Waals surface area contributed by atoms with Crippen molar-refractivity contribution in [3.63, 3.8) is 0 Å². The highest BCUT2D eigenvalue weighted by atomic mass is 19.1. The van der Waals surface area contributed by atoms with Gasteiger partial charge < -0.3 is 16.2 Å². The lowest BCUT2D eigenvalue weighted by Crippen LogP contribution is -2.28. The van der Waals surface area contributed by atoms with E-state index in [-0.39, 0.29) is 29.7 Å². The van der Waals surface area contributed by atoms with E-state index < -0.39 is 5.82 Å². The molecule has 5 heteroatoms. The minimum Gasteiger partial charge on any atom is -0.396 e. The van der Waals surface area contributed by atoms with Crippen LogP contribution in [0, 0.1) is 11.7 Å². The van der Waals surface area contributed by atoms with Gasteiger partial charge in [0.25, 0.3) is 5.91 Å². The summed E-state index contributed by atoms with van der Waals surface area (Å²) in [6, 6.07) is 3.95. The maximum absolute atomic E-state index is 13.1. The SMILES string of the molecule is CC(CCO)CNC(=O)c1ccc(N)c(F)c1. The highest BCUT2D eigenvalue weighted by Gasteiger charge is 2.09. The predicted octanol–water partition coefficient (Wildman–Crippen LogP) is 1.16. The first-order valence-corrected chi connectivity index (χ1v) is 5.48. The number of hydrogen-bond acceptors (Lipinski definition) is 3. The molecule has 1 unspecified atom stereocenters. The van der Waals surface area contributed by atoms with Crippen molar-refractivity contribution in [3.05, 3.63) is 29.6 Å². The number of nitrogens with one attached hydrogen (secondary N) is 1. The van der Waals surface area contributed by atoms with Crippen molar-refractivity contribution in [2.45, 2.75) is 13.3 Å². The van der Waals surface area contributed by atoms with E-state index in [9.17, 15) is 9.18 Å². The number of aliphatic hydroxyl groups excluding tert-OH is 1. The standard InChI is InChI=1S/C12H17FN2O2/c1-8(4-5-16)7-15-12(17)9-2-3-11(14)10(13)6-9/h2-3,6,8,16H,4-5,7,14H2,1H3,(H,15,17). The molecule has 0 radical (unpaired) electrons. The van der Waals surface area contributed by atoms with Crippen LogP contribution < -0.4 is 11.1 Å². The van der Waals surface area contributed by atoms with Crippen LogP contribution in [0.15, 0.2) is 18.2 Å². The van der Waals surface area contributed by atoms with E-state index in [2.05, 4.69) is 5.32 Å². The van der Waals surface area contributed by atoms with Gasteiger partial charge in [0.15, 0.2) is 0 Å². The maximum atomic E-state index is 13.1. The Kier molecular flexibility index (Phi) is 4.90. The third-order valence-corrected chi connectivity index (χ3v) is 2.50. The van der Waals surface area contributed by atoms with Crippen molar-refractivity contribution < 1.29 is 14.3 Å². The number of hydrogen-bond donors (Lipinski definition) is 3. The zero-order valence-corrected chi connectivity index (χ0v) is 9.74. The fourth-order valence-electron chi connectivity index (χ4n) is 1.36. The molecular formula is C12H17FN2O2. The number of carbonyl (C=O) groups is 1. The Morgan fingerprint density at radius 3 is 2.88 bits per heavy atom. The molecule has 0 aliphatic carbocycles. The van der Waals surface area contributed by atoms with Gasteiger partial charge >= 0.3 is 0 Å². The number of halogens is 1. The third-order valence-electron chi connectivity index (χ3n) is 2.50. The first kappa shape index (κ1) is 13.4. The normalized spacial score (nSPS) is 12.2. The molecule has 0 spiro atoms. The monoisotopic (exact) mass is 240 g/mol. The molecule has 4 N–H and O–H groups in total. The lowest BCUT2D eigenvalue weighted by Gasteiger charge is -2.11. The van der Waals surface area contributed by atoms with E-state index in [1.165, 1.54) is 12.1 Å². The molecule has 4 nitrogen and oxygen atoms in total. The van der Waals surface area contributed by atoms with Gasteiger partial charge in [-0.25, -0.2) is 4.39 Å². The van der Waals surface area contributed by atoms with Crippen LogP contribution in [0.4, 0.5) is 10.1 Å². The van der Waals surface area contributed by atoms with Gasteiger partial charge in [-0.2, -0.15) is 0 Å². The number of benzene rings is 1. The van der Waals surface area contributed by atoms with Crippen LogP contribution in [-0.4, -0.2) is 24.2 Å². The third kappa shape index (κ3) is 4.03. The summed E-state index contributed by atoms with van der Waals surface area (Å²) in [5.41, 5.74) is 5.58. The Hall–Kier alpha value is -1.62. The first-order valence-electron chi connectivity index (χ1n) is 5.48. The molecule has 1 aromatic rings. The quantitative estimate of drug-likeness (QED) is 0.676. The summed E-state index contributed by atoms with van der Waals surface area (Å²) in [5.74, 6) is -0.752. The number of rotatable bonds is 5. The van der Waals surface area contributed by atoms with Crippen molar-refractivity contribution in [1.29, 1.82) is 0 Å². The lowest BCUT2D eigenvalue weighted by atomic mass is 10.1. The molecular weight excluding hydrogens is 223 g/mol. The van der Waals surface area contributed by atoms with Crippen LogP contribution in [-0.2, 0) is 0 Å². The summed E-state index contributed by atoms with van der Waals surface area (Å²) in [7, 11) is 0. The summed E-state index contributed by atoms with van der Waals surface area (Å²) in [6.45, 7) is 2.46. The molecule has 94 valence electrons. The van der Waals surface area contributed by atoms with Crippen molar-refractivity contribution in [3.8, 4) is 0 Å². The Bertz CT molecular complexity index is 396. The van der Waals surface area contributed by atoms with Gasteiger partial charge in [-0.3, -0.25) is 4.79 Å². The van der Waals surface area contributed by atoms with Crippen LogP contribution in [0.25, 0.3) is 0 Å². The van der Waals surface area contributed by atoms with Gasteiger partial charge in [0.05, 0.1) is 5.69 Å². The number of amides is 1. The topological polar surface area (TPSA) is 75.3 Å². The second kappa shape index (κ2) is 6.20. The van der Waals surface area contributed by atoms with Crippen LogP contribution in [0.3, 0.4) is 0 Å². The molecule has 0 aliphatic heterocycles. The van der Waals surface area contributed by atoms with E-state index in [0.717, 1.165) is 6.07 Å². The number of aliphatic hydroxyl groups is 1. The van der Waals surface area contributed by atoms with Crippen LogP contribution >= 0.6 is 0 Å². The number of nitrogen functional groups attached to an aromatic ring is 1. The van der Waals surface area contributed by atoms with Crippen molar-refractivity contribution in [1.82, 2.24) is 5.32 Å². The fraction of sp³-hybridized carbons (Fsp3) is 0.417. The lowest BCUT2D eigenvalue weighted by molar-refractivity contribution is 0.0945. The van der Waals surface area contributed by atoms with Crippen LogP contribution in [0.2, 0.25) is 0 Å². The Labute approximate surface area is 99.6 Å². The van der Waals surface area contributed by atoms with Crippen molar-refractivity contribution >= 4 is 11.6 Å². The molecule has 1 aromatic carbocycles. The minimum atomic E-state index is -0.596. The van der Waals surface area contributed by atoms with E-state index in [0.29, 0.717) is 13.0 Å². The van der Waals surface area contributed by atoms with Gasteiger partial charge in [-0.15, -0.1) is 0 Å². The van der Waals surface area contributed by atoms with E-state index in [1.807, 2.05) is 6.92 Å². The number of anilines is 1. The minimum absolute atomic E-state index is 0.0233. The van der Waals surface area contributed by atoms with Gasteiger partial charge in [0.1, 0.15) is 5.82 Å². The molecule has 1 amide bonds. The summed E-state index contributed by atoms with van der Waals surface area (Å²) < 4.78 is 13.1. The largest absolute Gasteiger partial charge is 0.396 e. The highest BCUT2D eigenvalue weighted by molar-refractivity contribution is 5.94. The highest BCUT2D eigenvalue weighted by Crippen LogP contribution is 2.11. The smallest absolute Gasteiger partial charge is 0.251 e. The average Bonchev–Trinajstić information content (AvgIpc) is 2.30. The summed E-state index contributed by atoms with van der Waals surface area (Å²) in [4.78, 5) is 11.6. The van der Waals surface area contributed by atoms with Gasteiger partial charge in [-0.1, -0.05) is 6.92 Å². The number of nitrogens with two attached hydrogens (primary N) is 1. The fourth-order valence-corrected chi connectivity index (χ4v) is 1.36. The van der Waals surface area contributed by atoms with Gasteiger partial charge in [-0.05, 0) is 30.5 Å². The molecule has 0 aromatic heterocycles. The zero-order valence-electron chi connectivity index (χ0n) is 9.74. The molecule has 17 heavy (non-hydrogen) atoms. The zero-order chi connectivity index (χ0) is 12.8. The molecule has 0 fully saturated rings. The van der Waals surface area contributed by atoms with E-state index in [4.69, 9.17) is 10.8 Å². The first-order chi connectivity index (χ1) is 8.04. The van der Waals surface area contributed by atoms with Crippen molar-refractivity contribution in [2.24, 2.45) is 5.92 Å². The summed E-state index contributed by atoms with van der Waals surface area (Å²) in [6.07, 6.45) is 0.621. The van der Waals surface area contributed by atoms with Gasteiger partial charge in [0.2, 0.25) is 0 Å². The summed E-state index contributed by atoms with van der Waals surface area (Å²) in [5, 5.41) is 11.4. The second-order valence-corrected chi connectivity index (χ2v) is 4.06. The Balaban J connectivity index is 2.55. The van der Waals surface area contributed by atoms with E-state index >= 15 is 0 Å².